The van der Waals surface area contributed by atoms with Crippen LogP contribution in [0.15, 0.2) is 60.7 Å². The molecule has 0 fully saturated rings. The van der Waals surface area contributed by atoms with Gasteiger partial charge in [0, 0.05) is 10.8 Å². The van der Waals surface area contributed by atoms with Crippen LogP contribution in [-0.4, -0.2) is 37.9 Å². The van der Waals surface area contributed by atoms with Crippen LogP contribution in [0.5, 0.6) is 0 Å². The van der Waals surface area contributed by atoms with Crippen LogP contribution < -0.4 is 0 Å². The van der Waals surface area contributed by atoms with Crippen LogP contribution in [0.4, 0.5) is 0 Å². The van der Waals surface area contributed by atoms with Crippen molar-refractivity contribution in [3.05, 3.63) is 83.2 Å². The molecule has 0 bridgehead atoms. The van der Waals surface area contributed by atoms with E-state index >= 15 is 0 Å². The summed E-state index contributed by atoms with van der Waals surface area (Å²) < 4.78 is 0. The summed E-state index contributed by atoms with van der Waals surface area (Å²) >= 11 is 0. The van der Waals surface area contributed by atoms with Gasteiger partial charge in [-0.1, -0.05) is 36.4 Å². The zero-order valence-electron chi connectivity index (χ0n) is 14.3. The van der Waals surface area contributed by atoms with E-state index in [0.717, 1.165) is 0 Å². The first-order valence-corrected chi connectivity index (χ1v) is 8.26. The quantitative estimate of drug-likeness (QED) is 0.527. The van der Waals surface area contributed by atoms with Crippen molar-refractivity contribution in [3.63, 3.8) is 0 Å². The Bertz CT molecular complexity index is 1200. The Kier molecular flexibility index (Phi) is 4.04. The molecule has 4 aromatic rings. The molecule has 0 aliphatic rings. The number of aromatic carboxylic acids is 2. The third kappa shape index (κ3) is 2.84. The molecule has 0 saturated carbocycles. The molecule has 2 N–H and O–H groups in total. The van der Waals surface area contributed by atoms with Crippen LogP contribution >= 0.6 is 0 Å². The molecule has 0 saturated heterocycles. The standard InChI is InChI=1S/C21H12N2O5/c24-19(17-13(20(25)26)9-11-5-1-3-7-15(11)22-17)18-14(21(27)28)10-12-6-2-4-8-16(12)23-18/h1-10H,(H,25,26)(H,27,28). The van der Waals surface area contributed by atoms with Crippen molar-refractivity contribution in [2.45, 2.75) is 0 Å². The zero-order valence-corrected chi connectivity index (χ0v) is 14.3. The van der Waals surface area contributed by atoms with E-state index in [0.29, 0.717) is 21.8 Å². The van der Waals surface area contributed by atoms with Crippen molar-refractivity contribution in [1.29, 1.82) is 0 Å². The van der Waals surface area contributed by atoms with Gasteiger partial charge in [0.2, 0.25) is 5.78 Å². The number of rotatable bonds is 4. The SMILES string of the molecule is O=C(O)c1cc2ccccc2nc1C(=O)c1nc2ccccc2cc1C(=O)O. The van der Waals surface area contributed by atoms with Gasteiger partial charge in [0.05, 0.1) is 22.2 Å². The van der Waals surface area contributed by atoms with Gasteiger partial charge in [0.1, 0.15) is 11.4 Å². The summed E-state index contributed by atoms with van der Waals surface area (Å²) in [6.07, 6.45) is 0. The molecular formula is C21H12N2O5. The first kappa shape index (κ1) is 17.3. The Morgan fingerprint density at radius 2 is 1.04 bits per heavy atom. The lowest BCUT2D eigenvalue weighted by molar-refractivity contribution is 0.0686. The van der Waals surface area contributed by atoms with Crippen LogP contribution in [0.2, 0.25) is 0 Å². The number of hydrogen-bond donors (Lipinski definition) is 2. The van der Waals surface area contributed by atoms with Crippen molar-refractivity contribution in [3.8, 4) is 0 Å². The molecule has 28 heavy (non-hydrogen) atoms. The maximum atomic E-state index is 13.1. The number of nitrogens with zero attached hydrogens (tertiary/aromatic N) is 2. The summed E-state index contributed by atoms with van der Waals surface area (Å²) in [4.78, 5) is 44.9. The van der Waals surface area contributed by atoms with E-state index in [-0.39, 0.29) is 22.5 Å². The summed E-state index contributed by atoms with van der Waals surface area (Å²) in [6.45, 7) is 0. The fourth-order valence-electron chi connectivity index (χ4n) is 3.02. The van der Waals surface area contributed by atoms with E-state index in [1.807, 2.05) is 0 Å². The molecule has 7 heteroatoms. The van der Waals surface area contributed by atoms with Crippen LogP contribution in [0.25, 0.3) is 21.8 Å². The minimum atomic E-state index is -1.33. The number of aromatic nitrogens is 2. The Morgan fingerprint density at radius 1 is 0.643 bits per heavy atom. The normalized spacial score (nSPS) is 10.9. The van der Waals surface area contributed by atoms with E-state index < -0.39 is 17.7 Å². The minimum Gasteiger partial charge on any atom is -0.478 e. The molecule has 4 rings (SSSR count). The summed E-state index contributed by atoms with van der Waals surface area (Å²) in [6, 6.07) is 16.2. The van der Waals surface area contributed by atoms with E-state index in [9.17, 15) is 24.6 Å². The molecule has 2 aromatic carbocycles. The highest BCUT2D eigenvalue weighted by atomic mass is 16.4. The number of pyridine rings is 2. The Morgan fingerprint density at radius 3 is 1.43 bits per heavy atom. The maximum absolute atomic E-state index is 13.1. The number of hydrogen-bond acceptors (Lipinski definition) is 5. The molecule has 0 radical (unpaired) electrons. The van der Waals surface area contributed by atoms with Crippen LogP contribution in [0.1, 0.15) is 36.9 Å². The second-order valence-corrected chi connectivity index (χ2v) is 6.09. The van der Waals surface area contributed by atoms with E-state index in [2.05, 4.69) is 9.97 Å². The highest BCUT2D eigenvalue weighted by molar-refractivity contribution is 6.17. The number of carboxylic acids is 2. The number of para-hydroxylation sites is 2. The average Bonchev–Trinajstić information content (AvgIpc) is 2.71. The third-order valence-corrected chi connectivity index (χ3v) is 4.34. The monoisotopic (exact) mass is 372 g/mol. The minimum absolute atomic E-state index is 0.310. The highest BCUT2D eigenvalue weighted by Gasteiger charge is 2.26. The van der Waals surface area contributed by atoms with Gasteiger partial charge < -0.3 is 10.2 Å². The van der Waals surface area contributed by atoms with E-state index in [1.165, 1.54) is 12.1 Å². The first-order valence-electron chi connectivity index (χ1n) is 8.26. The van der Waals surface area contributed by atoms with E-state index in [1.54, 1.807) is 48.5 Å². The maximum Gasteiger partial charge on any atom is 0.338 e. The van der Waals surface area contributed by atoms with Crippen LogP contribution in [-0.2, 0) is 0 Å². The lowest BCUT2D eigenvalue weighted by Gasteiger charge is -2.10. The van der Waals surface area contributed by atoms with Gasteiger partial charge in [-0.25, -0.2) is 19.6 Å². The van der Waals surface area contributed by atoms with Gasteiger partial charge >= 0.3 is 11.9 Å². The topological polar surface area (TPSA) is 117 Å². The number of fused-ring (bicyclic) bond motifs is 2. The Labute approximate surface area is 157 Å². The molecule has 2 heterocycles. The number of carbonyl (C=O) groups excluding carboxylic acids is 1. The smallest absolute Gasteiger partial charge is 0.338 e. The second-order valence-electron chi connectivity index (χ2n) is 6.09. The molecule has 0 aliphatic heterocycles. The summed E-state index contributed by atoms with van der Waals surface area (Å²) in [5.41, 5.74) is -0.472. The van der Waals surface area contributed by atoms with Gasteiger partial charge in [-0.2, -0.15) is 0 Å². The van der Waals surface area contributed by atoms with Crippen molar-refractivity contribution < 1.29 is 24.6 Å². The summed E-state index contributed by atoms with van der Waals surface area (Å²) in [7, 11) is 0. The average molecular weight is 372 g/mol. The second kappa shape index (κ2) is 6.55. The molecule has 0 amide bonds. The van der Waals surface area contributed by atoms with Crippen LogP contribution in [0, 0.1) is 0 Å². The molecule has 7 nitrogen and oxygen atoms in total. The lowest BCUT2D eigenvalue weighted by Crippen LogP contribution is -2.17. The molecule has 0 atom stereocenters. The predicted octanol–water partition coefficient (Wildman–Crippen LogP) is 3.41. The summed E-state index contributed by atoms with van der Waals surface area (Å²) in [5, 5.41) is 20.2. The van der Waals surface area contributed by atoms with Gasteiger partial charge in [0.25, 0.3) is 0 Å². The molecule has 136 valence electrons. The molecule has 0 unspecified atom stereocenters. The molecule has 0 aliphatic carbocycles. The van der Waals surface area contributed by atoms with Crippen LogP contribution in [0.3, 0.4) is 0 Å². The highest BCUT2D eigenvalue weighted by Crippen LogP contribution is 2.23. The first-order chi connectivity index (χ1) is 13.5. The predicted molar refractivity (Wildman–Crippen MR) is 101 cm³/mol. The van der Waals surface area contributed by atoms with Gasteiger partial charge in [-0.3, -0.25) is 4.79 Å². The molecule has 0 spiro atoms. The number of carbonyl (C=O) groups is 3. The van der Waals surface area contributed by atoms with Gasteiger partial charge in [-0.05, 0) is 24.3 Å². The van der Waals surface area contributed by atoms with Crippen molar-refractivity contribution in [1.82, 2.24) is 9.97 Å². The fraction of sp³-hybridized carbons (Fsp3) is 0. The third-order valence-electron chi connectivity index (χ3n) is 4.34. The Balaban J connectivity index is 1.99. The number of carboxylic acid groups (broad SMARTS) is 2. The van der Waals surface area contributed by atoms with Crippen molar-refractivity contribution in [2.75, 3.05) is 0 Å². The van der Waals surface area contributed by atoms with Crippen molar-refractivity contribution in [2.24, 2.45) is 0 Å². The number of ketones is 1. The van der Waals surface area contributed by atoms with Gasteiger partial charge in [-0.15, -0.1) is 0 Å². The molecular weight excluding hydrogens is 360 g/mol. The zero-order chi connectivity index (χ0) is 19.8. The summed E-state index contributed by atoms with van der Waals surface area (Å²) in [5.74, 6) is -3.52. The Hall–Kier alpha value is -4.13. The van der Waals surface area contributed by atoms with Crippen molar-refractivity contribution >= 4 is 39.5 Å². The molecule has 2 aromatic heterocycles. The fourth-order valence-corrected chi connectivity index (χ4v) is 3.02. The van der Waals surface area contributed by atoms with Gasteiger partial charge in [0.15, 0.2) is 0 Å². The van der Waals surface area contributed by atoms with E-state index in [4.69, 9.17) is 0 Å². The lowest BCUT2D eigenvalue weighted by atomic mass is 10.0. The number of benzene rings is 2. The largest absolute Gasteiger partial charge is 0.478 e.